The van der Waals surface area contributed by atoms with Crippen molar-refractivity contribution in [3.05, 3.63) is 23.2 Å². The normalized spacial score (nSPS) is 9.13. The third-order valence-electron chi connectivity index (χ3n) is 1.76. The molecule has 0 aliphatic heterocycles. The maximum absolute atomic E-state index is 11.2. The first-order valence-electron chi connectivity index (χ1n) is 4.31. The number of carbonyl (C=O) groups excluding carboxylic acids is 1. The second-order valence-electron chi connectivity index (χ2n) is 2.82. The van der Waals surface area contributed by atoms with Crippen LogP contribution in [0.5, 0.6) is 0 Å². The number of carbonyl (C=O) groups is 1. The first-order valence-corrected chi connectivity index (χ1v) is 4.69. The van der Waals surface area contributed by atoms with Gasteiger partial charge >= 0.3 is 0 Å². The Labute approximate surface area is 92.8 Å². The van der Waals surface area contributed by atoms with Crippen molar-refractivity contribution in [1.29, 1.82) is 5.26 Å². The van der Waals surface area contributed by atoms with E-state index in [-0.39, 0.29) is 12.3 Å². The number of amides is 1. The van der Waals surface area contributed by atoms with Crippen LogP contribution in [0.25, 0.3) is 0 Å². The Kier molecular flexibility index (Phi) is 3.95. The predicted molar refractivity (Wildman–Crippen MR) is 59.9 cm³/mol. The van der Waals surface area contributed by atoms with E-state index in [0.717, 1.165) is 0 Å². The number of nitriles is 1. The lowest BCUT2D eigenvalue weighted by Gasteiger charge is -2.09. The van der Waals surface area contributed by atoms with Gasteiger partial charge in [0.2, 0.25) is 5.91 Å². The van der Waals surface area contributed by atoms with Gasteiger partial charge in [0.25, 0.3) is 0 Å². The van der Waals surface area contributed by atoms with E-state index in [0.29, 0.717) is 16.4 Å². The van der Waals surface area contributed by atoms with E-state index in [2.05, 4.69) is 10.6 Å². The molecule has 0 bridgehead atoms. The molecule has 0 aromatic heterocycles. The van der Waals surface area contributed by atoms with E-state index < -0.39 is 0 Å². The summed E-state index contributed by atoms with van der Waals surface area (Å²) >= 11 is 5.79. The van der Waals surface area contributed by atoms with Gasteiger partial charge in [-0.05, 0) is 18.2 Å². The zero-order chi connectivity index (χ0) is 11.3. The fourth-order valence-electron chi connectivity index (χ4n) is 1.10. The highest BCUT2D eigenvalue weighted by molar-refractivity contribution is 6.31. The topological polar surface area (TPSA) is 64.9 Å². The van der Waals surface area contributed by atoms with Crippen LogP contribution in [-0.4, -0.2) is 13.0 Å². The maximum Gasteiger partial charge on any atom is 0.238 e. The first kappa shape index (κ1) is 11.3. The van der Waals surface area contributed by atoms with Crippen LogP contribution in [0.2, 0.25) is 5.02 Å². The van der Waals surface area contributed by atoms with Crippen molar-refractivity contribution < 1.29 is 4.79 Å². The molecule has 0 aliphatic carbocycles. The molecule has 0 atom stereocenters. The summed E-state index contributed by atoms with van der Waals surface area (Å²) in [6, 6.07) is 6.83. The summed E-state index contributed by atoms with van der Waals surface area (Å²) in [5, 5.41) is 14.4. The van der Waals surface area contributed by atoms with Crippen LogP contribution in [0, 0.1) is 11.3 Å². The Hall–Kier alpha value is -1.73. The molecule has 0 aliphatic rings. The Morgan fingerprint density at radius 2 is 2.27 bits per heavy atom. The molecule has 4 nitrogen and oxygen atoms in total. The van der Waals surface area contributed by atoms with Crippen molar-refractivity contribution >= 4 is 28.9 Å². The van der Waals surface area contributed by atoms with E-state index in [1.165, 1.54) is 0 Å². The zero-order valence-corrected chi connectivity index (χ0v) is 8.93. The minimum absolute atomic E-state index is 0.161. The van der Waals surface area contributed by atoms with Crippen molar-refractivity contribution in [2.24, 2.45) is 0 Å². The lowest BCUT2D eigenvalue weighted by atomic mass is 10.2. The molecule has 15 heavy (non-hydrogen) atoms. The van der Waals surface area contributed by atoms with Gasteiger partial charge in [-0.3, -0.25) is 4.79 Å². The molecular formula is C10H10ClN3O. The van der Waals surface area contributed by atoms with Crippen LogP contribution in [0.3, 0.4) is 0 Å². The molecule has 0 saturated heterocycles. The van der Waals surface area contributed by atoms with Crippen LogP contribution in [0.1, 0.15) is 6.42 Å². The summed E-state index contributed by atoms with van der Waals surface area (Å²) < 4.78 is 0. The van der Waals surface area contributed by atoms with Crippen molar-refractivity contribution in [2.45, 2.75) is 6.42 Å². The number of benzene rings is 1. The van der Waals surface area contributed by atoms with Crippen LogP contribution in [0.4, 0.5) is 11.4 Å². The molecule has 0 saturated carbocycles. The summed E-state index contributed by atoms with van der Waals surface area (Å²) in [4.78, 5) is 11.2. The summed E-state index contributed by atoms with van der Waals surface area (Å²) in [5.41, 5.74) is 1.33. The Morgan fingerprint density at radius 3 is 2.87 bits per heavy atom. The number of nitrogens with zero attached hydrogens (tertiary/aromatic N) is 1. The fraction of sp³-hybridized carbons (Fsp3) is 0.200. The highest BCUT2D eigenvalue weighted by Gasteiger charge is 2.05. The van der Waals surface area contributed by atoms with Crippen molar-refractivity contribution in [3.8, 4) is 6.07 Å². The Balaban J connectivity index is 2.85. The second kappa shape index (κ2) is 5.23. The van der Waals surface area contributed by atoms with Crippen molar-refractivity contribution in [1.82, 2.24) is 0 Å². The fourth-order valence-corrected chi connectivity index (χ4v) is 1.27. The summed E-state index contributed by atoms with van der Waals surface area (Å²) in [7, 11) is 1.73. The van der Waals surface area contributed by atoms with Gasteiger partial charge in [0, 0.05) is 12.1 Å². The smallest absolute Gasteiger partial charge is 0.238 e. The van der Waals surface area contributed by atoms with E-state index in [1.807, 2.05) is 0 Å². The van der Waals surface area contributed by atoms with Gasteiger partial charge < -0.3 is 10.6 Å². The molecule has 0 spiro atoms. The lowest BCUT2D eigenvalue weighted by Crippen LogP contribution is -2.11. The zero-order valence-electron chi connectivity index (χ0n) is 8.17. The Morgan fingerprint density at radius 1 is 1.53 bits per heavy atom. The van der Waals surface area contributed by atoms with Gasteiger partial charge in [-0.25, -0.2) is 0 Å². The molecule has 0 unspecified atom stereocenters. The van der Waals surface area contributed by atoms with Gasteiger partial charge in [0.05, 0.1) is 17.4 Å². The van der Waals surface area contributed by atoms with Gasteiger partial charge in [-0.2, -0.15) is 5.26 Å². The van der Waals surface area contributed by atoms with Crippen LogP contribution in [-0.2, 0) is 4.79 Å². The van der Waals surface area contributed by atoms with Crippen LogP contribution >= 0.6 is 11.6 Å². The third kappa shape index (κ3) is 3.15. The monoisotopic (exact) mass is 223 g/mol. The third-order valence-corrected chi connectivity index (χ3v) is 2.00. The Bertz CT molecular complexity index is 412. The molecule has 0 radical (unpaired) electrons. The predicted octanol–water partition coefficient (Wildman–Crippen LogP) is 2.23. The molecule has 0 fully saturated rings. The van der Waals surface area contributed by atoms with E-state index >= 15 is 0 Å². The van der Waals surface area contributed by atoms with E-state index in [1.54, 1.807) is 31.3 Å². The van der Waals surface area contributed by atoms with Gasteiger partial charge in [-0.1, -0.05) is 11.6 Å². The van der Waals surface area contributed by atoms with E-state index in [4.69, 9.17) is 16.9 Å². The quantitative estimate of drug-likeness (QED) is 0.826. The number of halogens is 1. The van der Waals surface area contributed by atoms with E-state index in [9.17, 15) is 4.79 Å². The number of hydrogen-bond acceptors (Lipinski definition) is 3. The summed E-state index contributed by atoms with van der Waals surface area (Å²) in [6.45, 7) is 0. The molecule has 1 amide bonds. The number of anilines is 2. The minimum Gasteiger partial charge on any atom is -0.386 e. The highest BCUT2D eigenvalue weighted by Crippen LogP contribution is 2.25. The molecule has 1 aromatic rings. The molecule has 0 heterocycles. The van der Waals surface area contributed by atoms with Crippen LogP contribution in [0.15, 0.2) is 18.2 Å². The number of nitrogens with one attached hydrogen (secondary N) is 2. The highest BCUT2D eigenvalue weighted by atomic mass is 35.5. The number of hydrogen-bond donors (Lipinski definition) is 2. The average Bonchev–Trinajstić information content (AvgIpc) is 2.21. The molecule has 2 N–H and O–H groups in total. The van der Waals surface area contributed by atoms with Gasteiger partial charge in [-0.15, -0.1) is 0 Å². The van der Waals surface area contributed by atoms with Crippen molar-refractivity contribution in [2.75, 3.05) is 17.7 Å². The first-order chi connectivity index (χ1) is 7.17. The lowest BCUT2D eigenvalue weighted by molar-refractivity contribution is -0.115. The molecular weight excluding hydrogens is 214 g/mol. The van der Waals surface area contributed by atoms with Gasteiger partial charge in [0.15, 0.2) is 0 Å². The van der Waals surface area contributed by atoms with Crippen LogP contribution < -0.4 is 10.6 Å². The largest absolute Gasteiger partial charge is 0.386 e. The number of rotatable bonds is 3. The summed E-state index contributed by atoms with van der Waals surface area (Å²) in [6.07, 6.45) is -0.161. The standard InChI is InChI=1S/C10H10ClN3O/c1-13-9-6-7(11)2-3-8(9)14-10(15)4-5-12/h2-3,6,13H,4H2,1H3,(H,14,15). The summed E-state index contributed by atoms with van der Waals surface area (Å²) in [5.74, 6) is -0.337. The van der Waals surface area contributed by atoms with Gasteiger partial charge in [0.1, 0.15) is 6.42 Å². The molecule has 1 rings (SSSR count). The SMILES string of the molecule is CNc1cc(Cl)ccc1NC(=O)CC#N. The molecule has 1 aromatic carbocycles. The molecule has 5 heteroatoms. The maximum atomic E-state index is 11.2. The second-order valence-corrected chi connectivity index (χ2v) is 3.26. The molecule has 78 valence electrons. The average molecular weight is 224 g/mol. The minimum atomic E-state index is -0.337. The van der Waals surface area contributed by atoms with Crippen molar-refractivity contribution in [3.63, 3.8) is 0 Å².